The van der Waals surface area contributed by atoms with E-state index >= 15 is 0 Å². The molecule has 1 aliphatic rings. The van der Waals surface area contributed by atoms with Crippen LogP contribution in [0.3, 0.4) is 0 Å². The molecule has 1 aliphatic heterocycles. The molecular formula is C12H13NO3. The summed E-state index contributed by atoms with van der Waals surface area (Å²) in [5.74, 6) is 3.84. The molecule has 1 unspecified atom stereocenters. The molecule has 1 atom stereocenters. The van der Waals surface area contributed by atoms with Gasteiger partial charge in [0.15, 0.2) is 11.5 Å². The summed E-state index contributed by atoms with van der Waals surface area (Å²) in [7, 11) is 0. The van der Waals surface area contributed by atoms with Gasteiger partial charge in [-0.2, -0.15) is 0 Å². The average Bonchev–Trinajstić information content (AvgIpc) is 2.76. The van der Waals surface area contributed by atoms with Crippen LogP contribution in [0.25, 0.3) is 0 Å². The lowest BCUT2D eigenvalue weighted by Crippen LogP contribution is -2.21. The van der Waals surface area contributed by atoms with E-state index in [4.69, 9.17) is 15.9 Å². The van der Waals surface area contributed by atoms with Crippen LogP contribution in [0.5, 0.6) is 11.5 Å². The van der Waals surface area contributed by atoms with Crippen molar-refractivity contribution in [3.8, 4) is 23.8 Å². The van der Waals surface area contributed by atoms with Crippen LogP contribution in [0, 0.1) is 12.3 Å². The fourth-order valence-electron chi connectivity index (χ4n) is 1.52. The van der Waals surface area contributed by atoms with Gasteiger partial charge < -0.3 is 19.9 Å². The monoisotopic (exact) mass is 219 g/mol. The van der Waals surface area contributed by atoms with E-state index in [0.29, 0.717) is 24.6 Å². The second-order valence-electron chi connectivity index (χ2n) is 3.46. The molecule has 1 heterocycles. The third-order valence-electron chi connectivity index (χ3n) is 2.35. The van der Waals surface area contributed by atoms with Gasteiger partial charge in [0, 0.05) is 6.54 Å². The normalized spacial score (nSPS) is 14.5. The third kappa shape index (κ3) is 2.27. The second kappa shape index (κ2) is 4.88. The van der Waals surface area contributed by atoms with Crippen molar-refractivity contribution in [1.82, 2.24) is 5.32 Å². The Hall–Kier alpha value is -1.70. The Labute approximate surface area is 94.2 Å². The molecule has 4 nitrogen and oxygen atoms in total. The first-order valence-corrected chi connectivity index (χ1v) is 5.03. The Kier molecular flexibility index (Phi) is 3.30. The minimum Gasteiger partial charge on any atom is -0.454 e. The molecule has 2 rings (SSSR count). The van der Waals surface area contributed by atoms with Crippen LogP contribution in [0.1, 0.15) is 11.7 Å². The standard InChI is InChI=1S/C12H13NO3/c1-2-5-13-7-10(14)9-3-4-11-12(6-9)16-8-15-11/h1,3-4,6,10,13-14H,5,7-8H2. The van der Waals surface area contributed by atoms with E-state index in [1.165, 1.54) is 0 Å². The molecule has 0 aromatic heterocycles. The van der Waals surface area contributed by atoms with Gasteiger partial charge in [-0.05, 0) is 17.7 Å². The molecule has 1 aromatic rings. The highest BCUT2D eigenvalue weighted by Crippen LogP contribution is 2.33. The summed E-state index contributed by atoms with van der Waals surface area (Å²) in [6.07, 6.45) is 4.50. The Morgan fingerprint density at radius 2 is 2.25 bits per heavy atom. The maximum atomic E-state index is 9.85. The number of nitrogens with one attached hydrogen (secondary N) is 1. The number of aliphatic hydroxyl groups excluding tert-OH is 1. The molecule has 84 valence electrons. The van der Waals surface area contributed by atoms with Crippen molar-refractivity contribution in [3.63, 3.8) is 0 Å². The van der Waals surface area contributed by atoms with Crippen molar-refractivity contribution in [2.45, 2.75) is 6.10 Å². The van der Waals surface area contributed by atoms with Crippen molar-refractivity contribution in [2.75, 3.05) is 19.9 Å². The Balaban J connectivity index is 2.01. The zero-order valence-electron chi connectivity index (χ0n) is 8.77. The molecule has 0 spiro atoms. The van der Waals surface area contributed by atoms with Crippen molar-refractivity contribution in [1.29, 1.82) is 0 Å². The third-order valence-corrected chi connectivity index (χ3v) is 2.35. The zero-order valence-corrected chi connectivity index (χ0v) is 8.77. The molecule has 0 aliphatic carbocycles. The molecule has 1 aromatic carbocycles. The highest BCUT2D eigenvalue weighted by Gasteiger charge is 2.16. The molecule has 0 fully saturated rings. The Morgan fingerprint density at radius 1 is 1.44 bits per heavy atom. The number of fused-ring (bicyclic) bond motifs is 1. The van der Waals surface area contributed by atoms with Gasteiger partial charge in [0.2, 0.25) is 6.79 Å². The minimum absolute atomic E-state index is 0.240. The lowest BCUT2D eigenvalue weighted by molar-refractivity contribution is 0.171. The van der Waals surface area contributed by atoms with E-state index in [-0.39, 0.29) is 6.79 Å². The highest BCUT2D eigenvalue weighted by molar-refractivity contribution is 5.45. The average molecular weight is 219 g/mol. The van der Waals surface area contributed by atoms with E-state index in [1.54, 1.807) is 12.1 Å². The fourth-order valence-corrected chi connectivity index (χ4v) is 1.52. The lowest BCUT2D eigenvalue weighted by Gasteiger charge is -2.11. The van der Waals surface area contributed by atoms with E-state index in [9.17, 15) is 5.11 Å². The quantitative estimate of drug-likeness (QED) is 0.577. The molecular weight excluding hydrogens is 206 g/mol. The molecule has 2 N–H and O–H groups in total. The topological polar surface area (TPSA) is 50.7 Å². The summed E-state index contributed by atoms with van der Waals surface area (Å²) in [5, 5.41) is 12.8. The second-order valence-corrected chi connectivity index (χ2v) is 3.46. The van der Waals surface area contributed by atoms with Gasteiger partial charge in [0.05, 0.1) is 12.6 Å². The van der Waals surface area contributed by atoms with Crippen LogP contribution in [0.4, 0.5) is 0 Å². The van der Waals surface area contributed by atoms with Crippen molar-refractivity contribution in [3.05, 3.63) is 23.8 Å². The molecule has 16 heavy (non-hydrogen) atoms. The summed E-state index contributed by atoms with van der Waals surface area (Å²) < 4.78 is 10.4. The maximum Gasteiger partial charge on any atom is 0.231 e. The van der Waals surface area contributed by atoms with Gasteiger partial charge in [0.1, 0.15) is 0 Å². The summed E-state index contributed by atoms with van der Waals surface area (Å²) in [4.78, 5) is 0. The Bertz CT molecular complexity index is 411. The van der Waals surface area contributed by atoms with Crippen LogP contribution in [-0.2, 0) is 0 Å². The maximum absolute atomic E-state index is 9.85. The van der Waals surface area contributed by atoms with Gasteiger partial charge in [-0.1, -0.05) is 12.0 Å². The van der Waals surface area contributed by atoms with E-state index < -0.39 is 6.10 Å². The SMILES string of the molecule is C#CCNCC(O)c1ccc2c(c1)OCO2. The predicted octanol–water partition coefficient (Wildman–Crippen LogP) is 0.672. The summed E-state index contributed by atoms with van der Waals surface area (Å²) >= 11 is 0. The first-order valence-electron chi connectivity index (χ1n) is 5.03. The Morgan fingerprint density at radius 3 is 3.06 bits per heavy atom. The smallest absolute Gasteiger partial charge is 0.231 e. The number of aliphatic hydroxyl groups is 1. The minimum atomic E-state index is -0.595. The van der Waals surface area contributed by atoms with Gasteiger partial charge in [-0.15, -0.1) is 6.42 Å². The number of ether oxygens (including phenoxy) is 2. The number of hydrogen-bond donors (Lipinski definition) is 2. The lowest BCUT2D eigenvalue weighted by atomic mass is 10.1. The van der Waals surface area contributed by atoms with Crippen LogP contribution in [0.15, 0.2) is 18.2 Å². The van der Waals surface area contributed by atoms with Gasteiger partial charge in [0.25, 0.3) is 0 Å². The van der Waals surface area contributed by atoms with E-state index in [1.807, 2.05) is 6.07 Å². The molecule has 0 bridgehead atoms. The van der Waals surface area contributed by atoms with Crippen LogP contribution in [0.2, 0.25) is 0 Å². The summed E-state index contributed by atoms with van der Waals surface area (Å²) in [5.41, 5.74) is 0.786. The van der Waals surface area contributed by atoms with Crippen LogP contribution in [-0.4, -0.2) is 25.0 Å². The predicted molar refractivity (Wildman–Crippen MR) is 59.2 cm³/mol. The van der Waals surface area contributed by atoms with Crippen molar-refractivity contribution >= 4 is 0 Å². The number of terminal acetylenes is 1. The van der Waals surface area contributed by atoms with Gasteiger partial charge >= 0.3 is 0 Å². The van der Waals surface area contributed by atoms with E-state index in [0.717, 1.165) is 5.56 Å². The van der Waals surface area contributed by atoms with E-state index in [2.05, 4.69) is 11.2 Å². The molecule has 0 saturated carbocycles. The first-order chi connectivity index (χ1) is 7.81. The molecule has 0 radical (unpaired) electrons. The highest BCUT2D eigenvalue weighted by atomic mass is 16.7. The number of hydrogen-bond acceptors (Lipinski definition) is 4. The molecule has 0 amide bonds. The molecule has 0 saturated heterocycles. The number of benzene rings is 1. The van der Waals surface area contributed by atoms with Gasteiger partial charge in [-0.3, -0.25) is 0 Å². The van der Waals surface area contributed by atoms with Gasteiger partial charge in [-0.25, -0.2) is 0 Å². The van der Waals surface area contributed by atoms with Crippen molar-refractivity contribution < 1.29 is 14.6 Å². The fraction of sp³-hybridized carbons (Fsp3) is 0.333. The molecule has 4 heteroatoms. The van der Waals surface area contributed by atoms with Crippen LogP contribution >= 0.6 is 0 Å². The number of rotatable bonds is 4. The van der Waals surface area contributed by atoms with Crippen molar-refractivity contribution in [2.24, 2.45) is 0 Å². The first kappa shape index (κ1) is 10.8. The summed E-state index contributed by atoms with van der Waals surface area (Å²) in [6.45, 7) is 1.11. The largest absolute Gasteiger partial charge is 0.454 e. The van der Waals surface area contributed by atoms with Crippen LogP contribution < -0.4 is 14.8 Å². The summed E-state index contributed by atoms with van der Waals surface area (Å²) in [6, 6.07) is 5.39. The zero-order chi connectivity index (χ0) is 11.4.